The van der Waals surface area contributed by atoms with Gasteiger partial charge in [-0.3, -0.25) is 0 Å². The summed E-state index contributed by atoms with van der Waals surface area (Å²) < 4.78 is 19.9. The predicted octanol–water partition coefficient (Wildman–Crippen LogP) is 4.42. The van der Waals surface area contributed by atoms with Crippen molar-refractivity contribution in [2.75, 3.05) is 18.2 Å². The number of methoxy groups -OCH3 is 1. The molecule has 0 unspecified atom stereocenters. The van der Waals surface area contributed by atoms with Gasteiger partial charge in [0.1, 0.15) is 11.6 Å². The molecule has 2 aromatic carbocycles. The first kappa shape index (κ1) is 14.2. The molecule has 19 heavy (non-hydrogen) atoms. The van der Waals surface area contributed by atoms with E-state index in [9.17, 15) is 4.39 Å². The molecule has 0 amide bonds. The fraction of sp³-hybridized carbons (Fsp3) is 0.0769. The molecule has 0 bridgehead atoms. The highest BCUT2D eigenvalue weighted by Gasteiger charge is 2.10. The van der Waals surface area contributed by atoms with E-state index in [-0.39, 0.29) is 11.4 Å². The van der Waals surface area contributed by atoms with E-state index in [1.807, 2.05) is 6.07 Å². The Morgan fingerprint density at radius 1 is 1.26 bits per heavy atom. The van der Waals surface area contributed by atoms with Gasteiger partial charge in [0.2, 0.25) is 0 Å². The number of hydrogen-bond donors (Lipinski definition) is 2. The summed E-state index contributed by atoms with van der Waals surface area (Å²) in [7, 11) is 1.48. The fourth-order valence-corrected chi connectivity index (χ4v) is 2.48. The zero-order valence-corrected chi connectivity index (χ0v) is 12.9. The van der Waals surface area contributed by atoms with E-state index >= 15 is 0 Å². The molecule has 3 N–H and O–H groups in total. The van der Waals surface area contributed by atoms with Crippen molar-refractivity contribution < 1.29 is 9.13 Å². The molecule has 3 nitrogen and oxygen atoms in total. The number of hydrogen-bond acceptors (Lipinski definition) is 3. The number of ether oxygens (including phenoxy) is 1. The minimum Gasteiger partial charge on any atom is -0.495 e. The summed E-state index contributed by atoms with van der Waals surface area (Å²) in [6, 6.07) is 8.16. The molecule has 0 heterocycles. The third-order valence-electron chi connectivity index (χ3n) is 2.52. The van der Waals surface area contributed by atoms with Gasteiger partial charge in [-0.25, -0.2) is 4.39 Å². The van der Waals surface area contributed by atoms with Crippen molar-refractivity contribution in [2.24, 2.45) is 0 Å². The summed E-state index contributed by atoms with van der Waals surface area (Å²) in [4.78, 5) is 0. The Morgan fingerprint density at radius 2 is 2.00 bits per heavy atom. The molecular weight excluding hydrogens is 382 g/mol. The van der Waals surface area contributed by atoms with Crippen LogP contribution in [0.25, 0.3) is 0 Å². The summed E-state index contributed by atoms with van der Waals surface area (Å²) in [6.07, 6.45) is 0. The quantitative estimate of drug-likeness (QED) is 0.600. The minimum absolute atomic E-state index is 0.249. The summed E-state index contributed by atoms with van der Waals surface area (Å²) in [6.45, 7) is 0. The van der Waals surface area contributed by atoms with Crippen LogP contribution >= 0.6 is 34.2 Å². The Labute approximate surface area is 129 Å². The van der Waals surface area contributed by atoms with Gasteiger partial charge in [-0.1, -0.05) is 11.6 Å². The van der Waals surface area contributed by atoms with Crippen LogP contribution in [0.2, 0.25) is 5.02 Å². The molecule has 2 aromatic rings. The lowest BCUT2D eigenvalue weighted by Crippen LogP contribution is -1.99. The van der Waals surface area contributed by atoms with Gasteiger partial charge >= 0.3 is 0 Å². The Kier molecular flexibility index (Phi) is 4.36. The second-order valence-corrected chi connectivity index (χ2v) is 5.48. The predicted molar refractivity (Wildman–Crippen MR) is 84.8 cm³/mol. The highest BCUT2D eigenvalue weighted by Crippen LogP contribution is 2.32. The summed E-state index contributed by atoms with van der Waals surface area (Å²) >= 11 is 8.24. The Hall–Kier alpha value is -1.21. The van der Waals surface area contributed by atoms with Crippen LogP contribution in [0.4, 0.5) is 21.5 Å². The lowest BCUT2D eigenvalue weighted by atomic mass is 10.2. The molecule has 0 aliphatic carbocycles. The number of rotatable bonds is 3. The topological polar surface area (TPSA) is 47.3 Å². The van der Waals surface area contributed by atoms with Gasteiger partial charge in [0, 0.05) is 15.7 Å². The molecule has 0 saturated carbocycles. The molecule has 0 aliphatic heterocycles. The average Bonchev–Trinajstić information content (AvgIpc) is 2.35. The summed E-state index contributed by atoms with van der Waals surface area (Å²) in [5, 5.41) is 3.44. The maximum atomic E-state index is 13.8. The van der Waals surface area contributed by atoms with Gasteiger partial charge in [0.25, 0.3) is 0 Å². The minimum atomic E-state index is -0.465. The summed E-state index contributed by atoms with van der Waals surface area (Å²) in [5.41, 5.74) is 6.75. The van der Waals surface area contributed by atoms with E-state index in [0.29, 0.717) is 16.5 Å². The number of anilines is 3. The highest BCUT2D eigenvalue weighted by molar-refractivity contribution is 14.1. The largest absolute Gasteiger partial charge is 0.495 e. The second-order valence-electron chi connectivity index (χ2n) is 3.82. The van der Waals surface area contributed by atoms with Crippen molar-refractivity contribution in [3.63, 3.8) is 0 Å². The molecule has 6 heteroatoms. The Balaban J connectivity index is 2.37. The fourth-order valence-electron chi connectivity index (χ4n) is 1.58. The average molecular weight is 393 g/mol. The van der Waals surface area contributed by atoms with Crippen molar-refractivity contribution in [2.45, 2.75) is 0 Å². The van der Waals surface area contributed by atoms with Gasteiger partial charge in [-0.15, -0.1) is 0 Å². The standard InChI is InChI=1S/C13H11ClFIN2O/c1-19-13-6-12(9(15)5-10(13)17)18-11-3-2-7(16)4-8(11)14/h2-6,18H,17H2,1H3. The van der Waals surface area contributed by atoms with Gasteiger partial charge in [0.05, 0.1) is 29.2 Å². The molecule has 2 rings (SSSR count). The van der Waals surface area contributed by atoms with Crippen molar-refractivity contribution in [1.82, 2.24) is 0 Å². The van der Waals surface area contributed by atoms with E-state index in [0.717, 1.165) is 3.57 Å². The third-order valence-corrected chi connectivity index (χ3v) is 3.50. The Morgan fingerprint density at radius 3 is 2.63 bits per heavy atom. The molecule has 0 aliphatic rings. The van der Waals surface area contributed by atoms with Gasteiger partial charge in [0.15, 0.2) is 0 Å². The van der Waals surface area contributed by atoms with Crippen LogP contribution in [0.3, 0.4) is 0 Å². The number of nitrogens with two attached hydrogens (primary N) is 1. The highest BCUT2D eigenvalue weighted by atomic mass is 127. The van der Waals surface area contributed by atoms with E-state index < -0.39 is 5.82 Å². The SMILES string of the molecule is COc1cc(Nc2ccc(I)cc2Cl)c(F)cc1N. The van der Waals surface area contributed by atoms with Gasteiger partial charge in [-0.2, -0.15) is 0 Å². The summed E-state index contributed by atoms with van der Waals surface area (Å²) in [5.74, 6) is -0.0570. The lowest BCUT2D eigenvalue weighted by Gasteiger charge is -2.12. The van der Waals surface area contributed by atoms with Crippen molar-refractivity contribution in [1.29, 1.82) is 0 Å². The monoisotopic (exact) mass is 392 g/mol. The maximum Gasteiger partial charge on any atom is 0.148 e. The third kappa shape index (κ3) is 3.22. The van der Waals surface area contributed by atoms with Crippen molar-refractivity contribution in [3.8, 4) is 5.75 Å². The van der Waals surface area contributed by atoms with E-state index in [1.54, 1.807) is 12.1 Å². The molecule has 0 atom stereocenters. The van der Waals surface area contributed by atoms with Crippen LogP contribution in [0, 0.1) is 9.39 Å². The number of benzene rings is 2. The molecule has 0 spiro atoms. The van der Waals surface area contributed by atoms with Crippen molar-refractivity contribution >= 4 is 51.3 Å². The maximum absolute atomic E-state index is 13.8. The van der Waals surface area contributed by atoms with Gasteiger partial charge in [-0.05, 0) is 40.8 Å². The molecule has 0 saturated heterocycles. The van der Waals surface area contributed by atoms with Crippen LogP contribution < -0.4 is 15.8 Å². The van der Waals surface area contributed by atoms with Gasteiger partial charge < -0.3 is 15.8 Å². The van der Waals surface area contributed by atoms with Crippen LogP contribution in [0.5, 0.6) is 5.75 Å². The number of nitrogens with one attached hydrogen (secondary N) is 1. The Bertz CT molecular complexity index is 622. The first-order chi connectivity index (χ1) is 9.01. The molecule has 100 valence electrons. The zero-order chi connectivity index (χ0) is 14.0. The smallest absolute Gasteiger partial charge is 0.148 e. The molecule has 0 aromatic heterocycles. The number of nitrogen functional groups attached to an aromatic ring is 1. The van der Waals surface area contributed by atoms with Crippen molar-refractivity contribution in [3.05, 3.63) is 44.7 Å². The first-order valence-corrected chi connectivity index (χ1v) is 6.82. The number of halogens is 3. The molecule has 0 radical (unpaired) electrons. The zero-order valence-electron chi connectivity index (χ0n) is 10.0. The van der Waals surface area contributed by atoms with Crippen LogP contribution in [-0.2, 0) is 0 Å². The second kappa shape index (κ2) is 5.83. The van der Waals surface area contributed by atoms with Crippen LogP contribution in [0.1, 0.15) is 0 Å². The molecular formula is C13H11ClFIN2O. The van der Waals surface area contributed by atoms with Crippen LogP contribution in [-0.4, -0.2) is 7.11 Å². The molecule has 0 fully saturated rings. The lowest BCUT2D eigenvalue weighted by molar-refractivity contribution is 0.416. The van der Waals surface area contributed by atoms with E-state index in [2.05, 4.69) is 27.9 Å². The first-order valence-electron chi connectivity index (χ1n) is 5.36. The van der Waals surface area contributed by atoms with E-state index in [4.69, 9.17) is 22.1 Å². The van der Waals surface area contributed by atoms with E-state index in [1.165, 1.54) is 19.2 Å². The normalized spacial score (nSPS) is 10.3. The van der Waals surface area contributed by atoms with Crippen LogP contribution in [0.15, 0.2) is 30.3 Å².